The number of hydrogen-bond donors (Lipinski definition) is 2. The average Bonchev–Trinajstić information content (AvgIpc) is 2.40. The predicted octanol–water partition coefficient (Wildman–Crippen LogP) is 3.66. The summed E-state index contributed by atoms with van der Waals surface area (Å²) >= 11 is 1.71. The summed E-state index contributed by atoms with van der Waals surface area (Å²) in [6.07, 6.45) is 4.94. The van der Waals surface area contributed by atoms with Crippen molar-refractivity contribution in [2.24, 2.45) is 5.92 Å². The molecule has 0 heterocycles. The second-order valence-corrected chi connectivity index (χ2v) is 6.77. The van der Waals surface area contributed by atoms with E-state index in [1.807, 2.05) is 0 Å². The van der Waals surface area contributed by atoms with Crippen LogP contribution >= 0.6 is 11.8 Å². The molecule has 0 saturated heterocycles. The van der Waals surface area contributed by atoms with E-state index in [0.717, 1.165) is 5.92 Å². The van der Waals surface area contributed by atoms with Crippen LogP contribution in [0.15, 0.2) is 18.2 Å². The van der Waals surface area contributed by atoms with Crippen LogP contribution in [0.3, 0.4) is 0 Å². The lowest BCUT2D eigenvalue weighted by Crippen LogP contribution is -2.20. The zero-order valence-corrected chi connectivity index (χ0v) is 12.5. The van der Waals surface area contributed by atoms with E-state index >= 15 is 0 Å². The highest BCUT2D eigenvalue weighted by Gasteiger charge is 2.20. The molecule has 3 nitrogen and oxygen atoms in total. The van der Waals surface area contributed by atoms with E-state index in [0.29, 0.717) is 16.7 Å². The number of carbonyl (C=O) groups excluding carboxylic acids is 1. The first kappa shape index (κ1) is 15.2. The molecule has 20 heavy (non-hydrogen) atoms. The van der Waals surface area contributed by atoms with Gasteiger partial charge < -0.3 is 11.1 Å². The Labute approximate surface area is 123 Å². The van der Waals surface area contributed by atoms with Crippen LogP contribution in [-0.2, 0) is 4.79 Å². The Kier molecular flexibility index (Phi) is 5.29. The highest BCUT2D eigenvalue weighted by molar-refractivity contribution is 8.00. The molecule has 1 amide bonds. The van der Waals surface area contributed by atoms with Gasteiger partial charge in [0.2, 0.25) is 5.91 Å². The van der Waals surface area contributed by atoms with E-state index in [1.165, 1.54) is 43.9 Å². The topological polar surface area (TPSA) is 55.1 Å². The first-order chi connectivity index (χ1) is 9.54. The lowest BCUT2D eigenvalue weighted by atomic mass is 9.91. The quantitative estimate of drug-likeness (QED) is 0.834. The van der Waals surface area contributed by atoms with Crippen molar-refractivity contribution < 1.29 is 9.18 Å². The van der Waals surface area contributed by atoms with Gasteiger partial charge in [-0.05, 0) is 37.0 Å². The van der Waals surface area contributed by atoms with E-state index in [-0.39, 0.29) is 11.6 Å². The summed E-state index contributed by atoms with van der Waals surface area (Å²) in [4.78, 5) is 11.9. The molecule has 0 aromatic heterocycles. The molecule has 0 bridgehead atoms. The number of nitrogen functional groups attached to an aromatic ring is 1. The first-order valence-corrected chi connectivity index (χ1v) is 8.06. The van der Waals surface area contributed by atoms with Gasteiger partial charge in [-0.15, -0.1) is 11.8 Å². The third kappa shape index (κ3) is 4.40. The molecule has 3 N–H and O–H groups in total. The summed E-state index contributed by atoms with van der Waals surface area (Å²) in [5.41, 5.74) is 6.40. The summed E-state index contributed by atoms with van der Waals surface area (Å²) in [5, 5.41) is 3.32. The van der Waals surface area contributed by atoms with Gasteiger partial charge in [0, 0.05) is 5.25 Å². The molecule has 2 unspecified atom stereocenters. The zero-order chi connectivity index (χ0) is 14.5. The van der Waals surface area contributed by atoms with Crippen molar-refractivity contribution in [1.82, 2.24) is 0 Å². The minimum atomic E-state index is -0.397. The van der Waals surface area contributed by atoms with Gasteiger partial charge in [0.15, 0.2) is 0 Å². The fourth-order valence-corrected chi connectivity index (χ4v) is 3.81. The second-order valence-electron chi connectivity index (χ2n) is 5.48. The number of carbonyl (C=O) groups is 1. The molecular formula is C15H21FN2OS. The lowest BCUT2D eigenvalue weighted by molar-refractivity contribution is -0.113. The Morgan fingerprint density at radius 3 is 3.00 bits per heavy atom. The van der Waals surface area contributed by atoms with E-state index in [2.05, 4.69) is 12.2 Å². The average molecular weight is 296 g/mol. The molecule has 1 fully saturated rings. The molecule has 0 radical (unpaired) electrons. The van der Waals surface area contributed by atoms with Gasteiger partial charge in [0.1, 0.15) is 5.82 Å². The third-order valence-corrected chi connectivity index (χ3v) is 4.95. The Morgan fingerprint density at radius 2 is 2.30 bits per heavy atom. The predicted molar refractivity (Wildman–Crippen MR) is 83.3 cm³/mol. The Balaban J connectivity index is 1.80. The molecule has 1 aromatic carbocycles. The van der Waals surface area contributed by atoms with Crippen molar-refractivity contribution in [3.63, 3.8) is 0 Å². The van der Waals surface area contributed by atoms with Gasteiger partial charge in [-0.2, -0.15) is 0 Å². The van der Waals surface area contributed by atoms with E-state index in [1.54, 1.807) is 11.8 Å². The van der Waals surface area contributed by atoms with Crippen molar-refractivity contribution >= 4 is 29.0 Å². The number of nitrogens with one attached hydrogen (secondary N) is 1. The van der Waals surface area contributed by atoms with Crippen LogP contribution in [0.1, 0.15) is 32.6 Å². The largest absolute Gasteiger partial charge is 0.397 e. The van der Waals surface area contributed by atoms with Crippen molar-refractivity contribution in [3.05, 3.63) is 24.0 Å². The summed E-state index contributed by atoms with van der Waals surface area (Å²) in [7, 11) is 0. The van der Waals surface area contributed by atoms with E-state index < -0.39 is 5.82 Å². The minimum absolute atomic E-state index is 0.0773. The zero-order valence-electron chi connectivity index (χ0n) is 11.7. The second kappa shape index (κ2) is 6.97. The molecule has 0 spiro atoms. The SMILES string of the molecule is CC1CCCC(SCC(=O)Nc2ccc(F)cc2N)C1. The molecule has 1 aliphatic carbocycles. The molecule has 1 aliphatic rings. The van der Waals surface area contributed by atoms with Crippen molar-refractivity contribution in [3.8, 4) is 0 Å². The maximum absolute atomic E-state index is 12.9. The third-order valence-electron chi connectivity index (χ3n) is 3.63. The maximum atomic E-state index is 12.9. The fourth-order valence-electron chi connectivity index (χ4n) is 2.56. The number of thioether (sulfide) groups is 1. The monoisotopic (exact) mass is 296 g/mol. The number of halogens is 1. The molecule has 1 saturated carbocycles. The van der Waals surface area contributed by atoms with Gasteiger partial charge in [0.05, 0.1) is 17.1 Å². The number of amides is 1. The standard InChI is InChI=1S/C15H21FN2OS/c1-10-3-2-4-12(7-10)20-9-15(19)18-14-6-5-11(16)8-13(14)17/h5-6,8,10,12H,2-4,7,9,17H2,1H3,(H,18,19). The van der Waals surface area contributed by atoms with Crippen LogP contribution in [0.25, 0.3) is 0 Å². The van der Waals surface area contributed by atoms with Gasteiger partial charge >= 0.3 is 0 Å². The van der Waals surface area contributed by atoms with Crippen LogP contribution in [-0.4, -0.2) is 16.9 Å². The maximum Gasteiger partial charge on any atom is 0.234 e. The normalized spacial score (nSPS) is 22.5. The van der Waals surface area contributed by atoms with Crippen LogP contribution < -0.4 is 11.1 Å². The van der Waals surface area contributed by atoms with Crippen molar-refractivity contribution in [2.75, 3.05) is 16.8 Å². The molecule has 110 valence electrons. The molecular weight excluding hydrogens is 275 g/mol. The fraction of sp³-hybridized carbons (Fsp3) is 0.533. The summed E-state index contributed by atoms with van der Waals surface area (Å²) in [6, 6.07) is 4.00. The number of hydrogen-bond acceptors (Lipinski definition) is 3. The van der Waals surface area contributed by atoms with Gasteiger partial charge in [-0.25, -0.2) is 4.39 Å². The van der Waals surface area contributed by atoms with Crippen LogP contribution in [0.5, 0.6) is 0 Å². The molecule has 2 atom stereocenters. The van der Waals surface area contributed by atoms with Crippen LogP contribution in [0, 0.1) is 11.7 Å². The number of benzene rings is 1. The summed E-state index contributed by atoms with van der Waals surface area (Å²) in [5.74, 6) is 0.712. The number of anilines is 2. The first-order valence-electron chi connectivity index (χ1n) is 7.01. The van der Waals surface area contributed by atoms with Gasteiger partial charge in [0.25, 0.3) is 0 Å². The smallest absolute Gasteiger partial charge is 0.234 e. The van der Waals surface area contributed by atoms with Gasteiger partial charge in [-0.3, -0.25) is 4.79 Å². The number of nitrogens with two attached hydrogens (primary N) is 1. The Hall–Kier alpha value is -1.23. The van der Waals surface area contributed by atoms with E-state index in [9.17, 15) is 9.18 Å². The highest BCUT2D eigenvalue weighted by Crippen LogP contribution is 2.32. The molecule has 1 aromatic rings. The minimum Gasteiger partial charge on any atom is -0.397 e. The van der Waals surface area contributed by atoms with Crippen molar-refractivity contribution in [1.29, 1.82) is 0 Å². The molecule has 0 aliphatic heterocycles. The Bertz CT molecular complexity index is 481. The van der Waals surface area contributed by atoms with Crippen LogP contribution in [0.2, 0.25) is 0 Å². The Morgan fingerprint density at radius 1 is 1.50 bits per heavy atom. The highest BCUT2D eigenvalue weighted by atomic mass is 32.2. The van der Waals surface area contributed by atoms with E-state index in [4.69, 9.17) is 5.73 Å². The summed E-state index contributed by atoms with van der Waals surface area (Å²) in [6.45, 7) is 2.27. The summed E-state index contributed by atoms with van der Waals surface area (Å²) < 4.78 is 12.9. The van der Waals surface area contributed by atoms with Gasteiger partial charge in [-0.1, -0.05) is 19.8 Å². The number of rotatable bonds is 4. The molecule has 5 heteroatoms. The van der Waals surface area contributed by atoms with Crippen LogP contribution in [0.4, 0.5) is 15.8 Å². The molecule has 2 rings (SSSR count). The van der Waals surface area contributed by atoms with Crippen molar-refractivity contribution in [2.45, 2.75) is 37.9 Å². The lowest BCUT2D eigenvalue weighted by Gasteiger charge is -2.25.